The summed E-state index contributed by atoms with van der Waals surface area (Å²) < 4.78 is 5.43. The molecule has 78 valence electrons. The zero-order chi connectivity index (χ0) is 10.3. The highest BCUT2D eigenvalue weighted by Crippen LogP contribution is 2.01. The molecule has 1 amide bonds. The fourth-order valence-electron chi connectivity index (χ4n) is 1.06. The van der Waals surface area contributed by atoms with Crippen LogP contribution in [0.25, 0.3) is 0 Å². The molecule has 13 heavy (non-hydrogen) atoms. The van der Waals surface area contributed by atoms with Gasteiger partial charge in [-0.2, -0.15) is 0 Å². The van der Waals surface area contributed by atoms with Gasteiger partial charge >= 0.3 is 0 Å². The van der Waals surface area contributed by atoms with Crippen molar-refractivity contribution in [2.45, 2.75) is 38.8 Å². The molecule has 3 N–H and O–H groups in total. The Bertz CT molecular complexity index is 151. The third kappa shape index (κ3) is 5.60. The second-order valence-corrected chi connectivity index (χ2v) is 3.18. The van der Waals surface area contributed by atoms with Crippen LogP contribution in [0.15, 0.2) is 0 Å². The molecule has 0 bridgehead atoms. The number of primary amides is 1. The number of hydrogen-bond donors (Lipinski definition) is 2. The predicted molar refractivity (Wildman–Crippen MR) is 52.4 cm³/mol. The average molecular weight is 188 g/mol. The van der Waals surface area contributed by atoms with Crippen LogP contribution in [0.3, 0.4) is 0 Å². The Balaban J connectivity index is 3.65. The molecule has 0 aromatic carbocycles. The molecule has 0 aliphatic heterocycles. The van der Waals surface area contributed by atoms with Gasteiger partial charge in [0.25, 0.3) is 0 Å². The zero-order valence-corrected chi connectivity index (χ0v) is 8.67. The minimum atomic E-state index is -0.376. The summed E-state index contributed by atoms with van der Waals surface area (Å²) in [5.74, 6) is -0.369. The van der Waals surface area contributed by atoms with E-state index in [9.17, 15) is 4.79 Å². The summed E-state index contributed by atoms with van der Waals surface area (Å²) in [7, 11) is 1.70. The van der Waals surface area contributed by atoms with Gasteiger partial charge in [-0.15, -0.1) is 0 Å². The lowest BCUT2D eigenvalue weighted by Gasteiger charge is -2.16. The molecule has 4 nitrogen and oxygen atoms in total. The van der Waals surface area contributed by atoms with E-state index in [1.54, 1.807) is 7.05 Å². The smallest absolute Gasteiger partial charge is 0.236 e. The van der Waals surface area contributed by atoms with Crippen LogP contribution in [0.1, 0.15) is 26.7 Å². The molecule has 0 saturated carbocycles. The van der Waals surface area contributed by atoms with Crippen LogP contribution >= 0.6 is 0 Å². The van der Waals surface area contributed by atoms with Gasteiger partial charge in [-0.3, -0.25) is 4.79 Å². The Morgan fingerprint density at radius 2 is 2.23 bits per heavy atom. The van der Waals surface area contributed by atoms with Gasteiger partial charge in [-0.1, -0.05) is 13.3 Å². The summed E-state index contributed by atoms with van der Waals surface area (Å²) in [6.45, 7) is 4.45. The molecule has 0 aliphatic rings. The first kappa shape index (κ1) is 12.4. The van der Waals surface area contributed by atoms with E-state index in [1.165, 1.54) is 0 Å². The predicted octanol–water partition coefficient (Wildman–Crippen LogP) is 0.265. The number of carbonyl (C=O) groups excluding carboxylic acids is 1. The molecular formula is C9H20N2O2. The number of amides is 1. The Labute approximate surface area is 79.8 Å². The van der Waals surface area contributed by atoms with E-state index in [4.69, 9.17) is 10.5 Å². The number of hydrogen-bond acceptors (Lipinski definition) is 3. The maximum atomic E-state index is 10.8. The van der Waals surface area contributed by atoms with Gasteiger partial charge in [-0.05, 0) is 20.4 Å². The number of nitrogens with two attached hydrogens (primary N) is 1. The van der Waals surface area contributed by atoms with Crippen LogP contribution in [0.4, 0.5) is 0 Å². The highest BCUT2D eigenvalue weighted by Gasteiger charge is 2.13. The zero-order valence-electron chi connectivity index (χ0n) is 8.67. The maximum absolute atomic E-state index is 10.8. The van der Waals surface area contributed by atoms with Gasteiger partial charge in [0, 0.05) is 0 Å². The highest BCUT2D eigenvalue weighted by molar-refractivity contribution is 5.79. The number of likely N-dealkylation sites (N-methyl/N-ethyl adjacent to an activating group) is 1. The van der Waals surface area contributed by atoms with Crippen LogP contribution in [-0.4, -0.2) is 31.7 Å². The van der Waals surface area contributed by atoms with Crippen LogP contribution in [0.2, 0.25) is 0 Å². The molecule has 2 unspecified atom stereocenters. The minimum Gasteiger partial charge on any atom is -0.376 e. The van der Waals surface area contributed by atoms with Crippen LogP contribution in [0.5, 0.6) is 0 Å². The molecule has 0 aromatic rings. The Hall–Kier alpha value is -0.610. The Kier molecular flexibility index (Phi) is 6.54. The van der Waals surface area contributed by atoms with E-state index in [-0.39, 0.29) is 18.1 Å². The molecule has 0 aromatic heterocycles. The van der Waals surface area contributed by atoms with Crippen LogP contribution in [-0.2, 0) is 9.53 Å². The van der Waals surface area contributed by atoms with Crippen molar-refractivity contribution in [3.8, 4) is 0 Å². The topological polar surface area (TPSA) is 64.3 Å². The first-order chi connectivity index (χ1) is 6.11. The molecule has 0 rings (SSSR count). The van der Waals surface area contributed by atoms with Gasteiger partial charge in [0.15, 0.2) is 0 Å². The van der Waals surface area contributed by atoms with E-state index < -0.39 is 0 Å². The fraction of sp³-hybridized carbons (Fsp3) is 0.889. The van der Waals surface area contributed by atoms with Crippen molar-refractivity contribution in [3.05, 3.63) is 0 Å². The minimum absolute atomic E-state index is 0.195. The van der Waals surface area contributed by atoms with Crippen molar-refractivity contribution in [1.29, 1.82) is 0 Å². The molecular weight excluding hydrogens is 168 g/mol. The van der Waals surface area contributed by atoms with Crippen LogP contribution in [0, 0.1) is 0 Å². The van der Waals surface area contributed by atoms with Gasteiger partial charge in [0.2, 0.25) is 5.91 Å². The molecule has 0 spiro atoms. The SMILES string of the molecule is CCCC(C)OCC(NC)C(N)=O. The molecule has 4 heteroatoms. The third-order valence-corrected chi connectivity index (χ3v) is 1.93. The lowest BCUT2D eigenvalue weighted by atomic mass is 10.2. The van der Waals surface area contributed by atoms with E-state index in [1.807, 2.05) is 6.92 Å². The largest absolute Gasteiger partial charge is 0.376 e. The summed E-state index contributed by atoms with van der Waals surface area (Å²) in [6.07, 6.45) is 2.29. The van der Waals surface area contributed by atoms with Crippen molar-refractivity contribution in [2.24, 2.45) is 5.73 Å². The quantitative estimate of drug-likeness (QED) is 0.602. The first-order valence-electron chi connectivity index (χ1n) is 4.70. The number of nitrogens with one attached hydrogen (secondary N) is 1. The normalized spacial score (nSPS) is 15.3. The van der Waals surface area contributed by atoms with Crippen LogP contribution < -0.4 is 11.1 Å². The standard InChI is InChI=1S/C9H20N2O2/c1-4-5-7(2)13-6-8(11-3)9(10)12/h7-8,11H,4-6H2,1-3H3,(H2,10,12). The molecule has 2 atom stereocenters. The maximum Gasteiger partial charge on any atom is 0.236 e. The summed E-state index contributed by atoms with van der Waals surface area (Å²) >= 11 is 0. The monoisotopic (exact) mass is 188 g/mol. The highest BCUT2D eigenvalue weighted by atomic mass is 16.5. The second kappa shape index (κ2) is 6.86. The molecule has 0 heterocycles. The van der Waals surface area contributed by atoms with Crippen molar-refractivity contribution < 1.29 is 9.53 Å². The van der Waals surface area contributed by atoms with Gasteiger partial charge in [0.1, 0.15) is 6.04 Å². The summed E-state index contributed by atoms with van der Waals surface area (Å²) in [4.78, 5) is 10.8. The van der Waals surface area contributed by atoms with Crippen molar-refractivity contribution >= 4 is 5.91 Å². The first-order valence-corrected chi connectivity index (χ1v) is 4.70. The summed E-state index contributed by atoms with van der Waals surface area (Å²) in [5, 5.41) is 2.80. The average Bonchev–Trinajstić information content (AvgIpc) is 2.05. The number of carbonyl (C=O) groups is 1. The second-order valence-electron chi connectivity index (χ2n) is 3.18. The van der Waals surface area contributed by atoms with Gasteiger partial charge < -0.3 is 15.8 Å². The van der Waals surface area contributed by atoms with Gasteiger partial charge in [-0.25, -0.2) is 0 Å². The molecule has 0 radical (unpaired) electrons. The van der Waals surface area contributed by atoms with E-state index >= 15 is 0 Å². The lowest BCUT2D eigenvalue weighted by Crippen LogP contribution is -2.43. The molecule has 0 fully saturated rings. The number of rotatable bonds is 7. The fourth-order valence-corrected chi connectivity index (χ4v) is 1.06. The lowest BCUT2D eigenvalue weighted by molar-refractivity contribution is -0.121. The third-order valence-electron chi connectivity index (χ3n) is 1.93. The van der Waals surface area contributed by atoms with Crippen molar-refractivity contribution in [2.75, 3.05) is 13.7 Å². The summed E-state index contributed by atoms with van der Waals surface area (Å²) in [5.41, 5.74) is 5.13. The van der Waals surface area contributed by atoms with Crippen molar-refractivity contribution in [3.63, 3.8) is 0 Å². The number of ether oxygens (including phenoxy) is 1. The van der Waals surface area contributed by atoms with E-state index in [0.717, 1.165) is 12.8 Å². The summed E-state index contributed by atoms with van der Waals surface area (Å²) in [6, 6.07) is -0.376. The Morgan fingerprint density at radius 1 is 1.62 bits per heavy atom. The Morgan fingerprint density at radius 3 is 2.62 bits per heavy atom. The van der Waals surface area contributed by atoms with E-state index in [2.05, 4.69) is 12.2 Å². The molecule has 0 saturated heterocycles. The van der Waals surface area contributed by atoms with Gasteiger partial charge in [0.05, 0.1) is 12.7 Å². The molecule has 0 aliphatic carbocycles. The van der Waals surface area contributed by atoms with Crippen molar-refractivity contribution in [1.82, 2.24) is 5.32 Å². The van der Waals surface area contributed by atoms with E-state index in [0.29, 0.717) is 6.61 Å².